The summed E-state index contributed by atoms with van der Waals surface area (Å²) in [6.07, 6.45) is 8.39. The van der Waals surface area contributed by atoms with E-state index < -0.39 is 0 Å². The quantitative estimate of drug-likeness (QED) is 0.760. The number of aromatic nitrogens is 1. The molecule has 0 bridgehead atoms. The Morgan fingerprint density at radius 1 is 1.25 bits per heavy atom. The first-order valence-electron chi connectivity index (χ1n) is 6.98. The Hall–Kier alpha value is -2.13. The van der Waals surface area contributed by atoms with Crippen molar-refractivity contribution in [2.45, 2.75) is 19.4 Å². The summed E-state index contributed by atoms with van der Waals surface area (Å²) in [4.78, 5) is 4.20. The molecule has 0 saturated heterocycles. The van der Waals surface area contributed by atoms with E-state index in [9.17, 15) is 0 Å². The first kappa shape index (κ1) is 12.9. The molecular weight excluding hydrogens is 248 g/mol. The number of nitrogens with zero attached hydrogens (tertiary/aromatic N) is 1. The Labute approximate surface area is 118 Å². The van der Waals surface area contributed by atoms with E-state index in [1.54, 1.807) is 6.26 Å². The van der Waals surface area contributed by atoms with Gasteiger partial charge in [-0.05, 0) is 36.0 Å². The second-order valence-electron chi connectivity index (χ2n) is 4.89. The maximum absolute atomic E-state index is 5.26. The van der Waals surface area contributed by atoms with Crippen molar-refractivity contribution in [2.24, 2.45) is 0 Å². The van der Waals surface area contributed by atoms with Crippen LogP contribution in [0.2, 0.25) is 0 Å². The summed E-state index contributed by atoms with van der Waals surface area (Å²) >= 11 is 0. The van der Waals surface area contributed by atoms with E-state index in [1.807, 2.05) is 24.7 Å². The Morgan fingerprint density at radius 3 is 3.00 bits per heavy atom. The molecule has 3 heteroatoms. The lowest BCUT2D eigenvalue weighted by Gasteiger charge is -2.19. The molecule has 0 aliphatic heterocycles. The minimum absolute atomic E-state index is 0.153. The molecule has 3 aromatic rings. The van der Waals surface area contributed by atoms with Crippen LogP contribution in [0.5, 0.6) is 0 Å². The van der Waals surface area contributed by atoms with Gasteiger partial charge in [-0.1, -0.05) is 25.1 Å². The van der Waals surface area contributed by atoms with E-state index in [4.69, 9.17) is 4.42 Å². The molecule has 102 valence electrons. The molecule has 0 spiro atoms. The average Bonchev–Trinajstić information content (AvgIpc) is 3.02. The van der Waals surface area contributed by atoms with Crippen LogP contribution < -0.4 is 5.32 Å². The second-order valence-corrected chi connectivity index (χ2v) is 4.89. The molecule has 0 aliphatic rings. The standard InChI is InChI=1S/C17H18N2O/c1-2-8-19-17(14-7-10-20-12-14)16-5-3-4-13-11-18-9-6-15(13)16/h3-7,9-12,17,19H,2,8H2,1H3. The van der Waals surface area contributed by atoms with E-state index in [-0.39, 0.29) is 6.04 Å². The van der Waals surface area contributed by atoms with Crippen molar-refractivity contribution in [3.8, 4) is 0 Å². The van der Waals surface area contributed by atoms with Crippen LogP contribution in [-0.2, 0) is 0 Å². The molecule has 3 rings (SSSR count). The van der Waals surface area contributed by atoms with Gasteiger partial charge < -0.3 is 9.73 Å². The largest absolute Gasteiger partial charge is 0.472 e. The van der Waals surface area contributed by atoms with Crippen molar-refractivity contribution in [3.63, 3.8) is 0 Å². The van der Waals surface area contributed by atoms with Crippen LogP contribution in [0.15, 0.2) is 59.7 Å². The molecule has 1 aromatic carbocycles. The first-order chi connectivity index (χ1) is 9.90. The van der Waals surface area contributed by atoms with Gasteiger partial charge in [0.15, 0.2) is 0 Å². The third-order valence-electron chi connectivity index (χ3n) is 3.50. The minimum Gasteiger partial charge on any atom is -0.472 e. The molecule has 3 nitrogen and oxygen atoms in total. The molecule has 0 radical (unpaired) electrons. The Bertz CT molecular complexity index is 671. The first-order valence-corrected chi connectivity index (χ1v) is 6.98. The monoisotopic (exact) mass is 266 g/mol. The number of benzene rings is 1. The van der Waals surface area contributed by atoms with Gasteiger partial charge in [-0.3, -0.25) is 4.98 Å². The summed E-state index contributed by atoms with van der Waals surface area (Å²) in [6.45, 7) is 3.14. The summed E-state index contributed by atoms with van der Waals surface area (Å²) in [5.74, 6) is 0. The van der Waals surface area contributed by atoms with Gasteiger partial charge in [0.05, 0.1) is 18.6 Å². The topological polar surface area (TPSA) is 38.1 Å². The third kappa shape index (κ3) is 2.45. The maximum atomic E-state index is 5.26. The number of hydrogen-bond donors (Lipinski definition) is 1. The summed E-state index contributed by atoms with van der Waals surface area (Å²) in [6, 6.07) is 10.6. The summed E-state index contributed by atoms with van der Waals surface area (Å²) in [5, 5.41) is 6.00. The van der Waals surface area contributed by atoms with Gasteiger partial charge in [-0.15, -0.1) is 0 Å². The highest BCUT2D eigenvalue weighted by molar-refractivity contribution is 5.85. The zero-order chi connectivity index (χ0) is 13.8. The van der Waals surface area contributed by atoms with E-state index in [1.165, 1.54) is 10.9 Å². The van der Waals surface area contributed by atoms with Crippen LogP contribution in [0.25, 0.3) is 10.8 Å². The molecule has 20 heavy (non-hydrogen) atoms. The van der Waals surface area contributed by atoms with Crippen LogP contribution in [0, 0.1) is 0 Å². The predicted octanol–water partition coefficient (Wildman–Crippen LogP) is 3.92. The normalized spacial score (nSPS) is 12.7. The van der Waals surface area contributed by atoms with Crippen LogP contribution in [-0.4, -0.2) is 11.5 Å². The highest BCUT2D eigenvalue weighted by Crippen LogP contribution is 2.28. The Balaban J connectivity index is 2.09. The van der Waals surface area contributed by atoms with E-state index >= 15 is 0 Å². The number of fused-ring (bicyclic) bond motifs is 1. The van der Waals surface area contributed by atoms with Crippen molar-refractivity contribution < 1.29 is 4.42 Å². The Kier molecular flexibility index (Phi) is 3.79. The zero-order valence-electron chi connectivity index (χ0n) is 11.5. The Morgan fingerprint density at radius 2 is 2.20 bits per heavy atom. The van der Waals surface area contributed by atoms with Crippen molar-refractivity contribution in [2.75, 3.05) is 6.54 Å². The molecule has 1 N–H and O–H groups in total. The maximum Gasteiger partial charge on any atom is 0.0953 e. The molecular formula is C17H18N2O. The highest BCUT2D eigenvalue weighted by Gasteiger charge is 2.16. The van der Waals surface area contributed by atoms with Crippen LogP contribution >= 0.6 is 0 Å². The van der Waals surface area contributed by atoms with Crippen molar-refractivity contribution in [3.05, 3.63) is 66.4 Å². The summed E-state index contributed by atoms with van der Waals surface area (Å²) in [7, 11) is 0. The lowest BCUT2D eigenvalue weighted by atomic mass is 9.96. The van der Waals surface area contributed by atoms with Gasteiger partial charge in [0.25, 0.3) is 0 Å². The number of furan rings is 1. The fraction of sp³-hybridized carbons (Fsp3) is 0.235. The molecule has 1 unspecified atom stereocenters. The van der Waals surface area contributed by atoms with Gasteiger partial charge >= 0.3 is 0 Å². The number of hydrogen-bond acceptors (Lipinski definition) is 3. The third-order valence-corrected chi connectivity index (χ3v) is 3.50. The zero-order valence-corrected chi connectivity index (χ0v) is 11.5. The van der Waals surface area contributed by atoms with E-state index in [0.29, 0.717) is 0 Å². The van der Waals surface area contributed by atoms with E-state index in [0.717, 1.165) is 23.9 Å². The predicted molar refractivity (Wildman–Crippen MR) is 80.6 cm³/mol. The second kappa shape index (κ2) is 5.88. The van der Waals surface area contributed by atoms with Crippen molar-refractivity contribution >= 4 is 10.8 Å². The fourth-order valence-electron chi connectivity index (χ4n) is 2.53. The lowest BCUT2D eigenvalue weighted by Crippen LogP contribution is -2.23. The van der Waals surface area contributed by atoms with Gasteiger partial charge in [0, 0.05) is 23.3 Å². The molecule has 0 amide bonds. The molecule has 0 fully saturated rings. The van der Waals surface area contributed by atoms with Gasteiger partial charge in [0.2, 0.25) is 0 Å². The van der Waals surface area contributed by atoms with E-state index in [2.05, 4.69) is 41.5 Å². The van der Waals surface area contributed by atoms with Crippen LogP contribution in [0.1, 0.15) is 30.5 Å². The van der Waals surface area contributed by atoms with Crippen molar-refractivity contribution in [1.82, 2.24) is 10.3 Å². The number of pyridine rings is 1. The smallest absolute Gasteiger partial charge is 0.0953 e. The van der Waals surface area contributed by atoms with Gasteiger partial charge in [0.1, 0.15) is 0 Å². The highest BCUT2D eigenvalue weighted by atomic mass is 16.3. The molecule has 2 aromatic heterocycles. The molecule has 1 atom stereocenters. The van der Waals surface area contributed by atoms with Crippen molar-refractivity contribution in [1.29, 1.82) is 0 Å². The van der Waals surface area contributed by atoms with Gasteiger partial charge in [-0.2, -0.15) is 0 Å². The average molecular weight is 266 g/mol. The van der Waals surface area contributed by atoms with Gasteiger partial charge in [-0.25, -0.2) is 0 Å². The van der Waals surface area contributed by atoms with Crippen LogP contribution in [0.3, 0.4) is 0 Å². The molecule has 2 heterocycles. The number of nitrogens with one attached hydrogen (secondary N) is 1. The molecule has 0 saturated carbocycles. The molecule has 0 aliphatic carbocycles. The summed E-state index contributed by atoms with van der Waals surface area (Å²) in [5.41, 5.74) is 2.42. The lowest BCUT2D eigenvalue weighted by molar-refractivity contribution is 0.549. The number of rotatable bonds is 5. The van der Waals surface area contributed by atoms with Crippen LogP contribution in [0.4, 0.5) is 0 Å². The minimum atomic E-state index is 0.153. The summed E-state index contributed by atoms with van der Waals surface area (Å²) < 4.78 is 5.26. The fourth-order valence-corrected chi connectivity index (χ4v) is 2.53. The SMILES string of the molecule is CCCNC(c1ccoc1)c1cccc2cnccc12.